The first kappa shape index (κ1) is 27.4. The number of hydrogen-bond acceptors (Lipinski definition) is 7. The van der Waals surface area contributed by atoms with Crippen molar-refractivity contribution < 1.29 is 28.7 Å². The van der Waals surface area contributed by atoms with Crippen LogP contribution in [0.25, 0.3) is 28.1 Å². The summed E-state index contributed by atoms with van der Waals surface area (Å²) in [7, 11) is 4.98. The van der Waals surface area contributed by atoms with Crippen LogP contribution < -0.4 is 28.8 Å². The predicted molar refractivity (Wildman–Crippen MR) is 157 cm³/mol. The molecular formula is C32H32N2O5S. The van der Waals surface area contributed by atoms with E-state index in [0.717, 1.165) is 67.1 Å². The molecule has 0 amide bonds. The number of carbonyl (C=O) groups excluding carboxylic acids is 1. The third kappa shape index (κ3) is 5.45. The molecule has 1 aliphatic heterocycles. The molecule has 3 aromatic carbocycles. The smallest absolute Gasteiger partial charge is 0.213 e. The average Bonchev–Trinajstić information content (AvgIpc) is 3.32. The summed E-state index contributed by atoms with van der Waals surface area (Å²) in [6.45, 7) is 3.48. The molecule has 4 aromatic rings. The van der Waals surface area contributed by atoms with Gasteiger partial charge in [0.05, 0.1) is 37.4 Å². The van der Waals surface area contributed by atoms with Gasteiger partial charge in [-0.2, -0.15) is 4.57 Å². The van der Waals surface area contributed by atoms with E-state index in [2.05, 4.69) is 58.9 Å². The molecule has 7 nitrogen and oxygen atoms in total. The molecule has 1 aromatic heterocycles. The van der Waals surface area contributed by atoms with Gasteiger partial charge < -0.3 is 29.0 Å². The maximum atomic E-state index is 11.2. The molecule has 1 aliphatic rings. The van der Waals surface area contributed by atoms with Gasteiger partial charge in [0.1, 0.15) is 23.8 Å². The zero-order valence-corrected chi connectivity index (χ0v) is 23.9. The summed E-state index contributed by atoms with van der Waals surface area (Å²) in [6, 6.07) is 22.4. The zero-order chi connectivity index (χ0) is 28.2. The third-order valence-corrected chi connectivity index (χ3v) is 8.18. The van der Waals surface area contributed by atoms with Gasteiger partial charge in [-0.25, -0.2) is 0 Å². The fraction of sp³-hybridized carbons (Fsp3) is 0.250. The fourth-order valence-electron chi connectivity index (χ4n) is 5.08. The van der Waals surface area contributed by atoms with Gasteiger partial charge in [-0.15, -0.1) is 0 Å². The van der Waals surface area contributed by atoms with Crippen molar-refractivity contribution in [2.45, 2.75) is 31.2 Å². The summed E-state index contributed by atoms with van der Waals surface area (Å²) < 4.78 is 18.8. The van der Waals surface area contributed by atoms with Crippen LogP contribution in [0.4, 0.5) is 5.69 Å². The number of pyridine rings is 1. The Labute approximate surface area is 238 Å². The number of rotatable bonds is 10. The minimum atomic E-state index is -1.04. The maximum absolute atomic E-state index is 11.2. The number of nitrogens with zero attached hydrogens (tertiary/aromatic N) is 2. The molecule has 0 saturated carbocycles. The van der Waals surface area contributed by atoms with E-state index in [0.29, 0.717) is 13.0 Å². The van der Waals surface area contributed by atoms with E-state index in [-0.39, 0.29) is 6.42 Å². The molecule has 0 spiro atoms. The number of aryl methyl sites for hydroxylation is 1. The number of aliphatic carboxylic acids is 1. The molecule has 206 valence electrons. The van der Waals surface area contributed by atoms with Crippen LogP contribution >= 0.6 is 11.8 Å². The molecular weight excluding hydrogens is 524 g/mol. The zero-order valence-electron chi connectivity index (χ0n) is 23.1. The number of carbonyl (C=O) groups is 1. The summed E-state index contributed by atoms with van der Waals surface area (Å²) >= 11 is 1.68. The number of carboxylic acid groups (broad SMARTS) is 1. The summed E-state index contributed by atoms with van der Waals surface area (Å²) in [5.41, 5.74) is 5.13. The highest BCUT2D eigenvalue weighted by Crippen LogP contribution is 2.49. The van der Waals surface area contributed by atoms with Crippen molar-refractivity contribution in [2.24, 2.45) is 0 Å². The Morgan fingerprint density at radius 1 is 0.950 bits per heavy atom. The predicted octanol–water partition coefficient (Wildman–Crippen LogP) is 5.28. The number of carboxylic acids is 1. The number of anilines is 1. The highest BCUT2D eigenvalue weighted by atomic mass is 32.2. The van der Waals surface area contributed by atoms with Gasteiger partial charge >= 0.3 is 0 Å². The molecule has 0 N–H and O–H groups in total. The van der Waals surface area contributed by atoms with Crippen molar-refractivity contribution >= 4 is 40.4 Å². The van der Waals surface area contributed by atoms with Crippen LogP contribution in [-0.2, 0) is 11.3 Å². The van der Waals surface area contributed by atoms with Gasteiger partial charge in [-0.1, -0.05) is 17.8 Å². The molecule has 0 atom stereocenters. The van der Waals surface area contributed by atoms with Crippen molar-refractivity contribution in [1.82, 2.24) is 0 Å². The molecule has 8 heteroatoms. The quantitative estimate of drug-likeness (QED) is 0.246. The maximum Gasteiger partial charge on any atom is 0.213 e. The van der Waals surface area contributed by atoms with Gasteiger partial charge in [0.15, 0.2) is 0 Å². The first-order chi connectivity index (χ1) is 19.4. The van der Waals surface area contributed by atoms with Crippen LogP contribution in [0.1, 0.15) is 25.5 Å². The Bertz CT molecular complexity index is 1600. The molecule has 0 radical (unpaired) electrons. The van der Waals surface area contributed by atoms with Gasteiger partial charge in [0.25, 0.3) is 0 Å². The molecule has 40 heavy (non-hydrogen) atoms. The van der Waals surface area contributed by atoms with Crippen LogP contribution in [-0.4, -0.2) is 33.8 Å². The normalized spacial score (nSPS) is 13.5. The minimum absolute atomic E-state index is 0.0000544. The van der Waals surface area contributed by atoms with Crippen LogP contribution in [0.5, 0.6) is 17.2 Å². The van der Waals surface area contributed by atoms with E-state index in [1.54, 1.807) is 33.1 Å². The monoisotopic (exact) mass is 556 g/mol. The fourth-order valence-corrected chi connectivity index (χ4v) is 6.19. The number of ether oxygens (including phenoxy) is 3. The van der Waals surface area contributed by atoms with E-state index >= 15 is 0 Å². The highest BCUT2D eigenvalue weighted by Gasteiger charge is 2.27. The van der Waals surface area contributed by atoms with Crippen molar-refractivity contribution in [1.29, 1.82) is 0 Å². The van der Waals surface area contributed by atoms with E-state index < -0.39 is 5.97 Å². The Kier molecular flexibility index (Phi) is 8.16. The molecule has 5 rings (SSSR count). The van der Waals surface area contributed by atoms with E-state index in [1.165, 1.54) is 0 Å². The van der Waals surface area contributed by atoms with Gasteiger partial charge in [0, 0.05) is 41.2 Å². The van der Waals surface area contributed by atoms with Crippen molar-refractivity contribution in [3.8, 4) is 28.4 Å². The summed E-state index contributed by atoms with van der Waals surface area (Å²) in [6.07, 6.45) is 2.65. The molecule has 0 aliphatic carbocycles. The molecule has 0 bridgehead atoms. The molecule has 0 saturated heterocycles. The van der Waals surface area contributed by atoms with Gasteiger partial charge in [-0.05, 0) is 73.9 Å². The second-order valence-electron chi connectivity index (χ2n) is 9.39. The van der Waals surface area contributed by atoms with Crippen LogP contribution in [0.3, 0.4) is 0 Å². The number of aromatic nitrogens is 1. The van der Waals surface area contributed by atoms with E-state index in [1.807, 2.05) is 30.3 Å². The lowest BCUT2D eigenvalue weighted by Gasteiger charge is -2.21. The minimum Gasteiger partial charge on any atom is -0.550 e. The summed E-state index contributed by atoms with van der Waals surface area (Å²) in [5, 5.41) is 13.4. The lowest BCUT2D eigenvalue weighted by Crippen LogP contribution is -2.37. The standard InChI is InChI=1S/C32H32N2O5S/c1-5-33-23(10-8-22-17-24(37-2)11-13-27(22)33)19-31-34(16-6-7-32(35)36)28-18-21(9-15-30(28)40-31)26-20-25(38-3)12-14-29(26)39-4/h8-15,17-20H,5-7,16H2,1-4H3. The Hall–Kier alpha value is -4.17. The number of thioether (sulfide) groups is 1. The molecule has 0 fully saturated rings. The van der Waals surface area contributed by atoms with Crippen molar-refractivity contribution in [3.05, 3.63) is 77.5 Å². The average molecular weight is 557 g/mol. The molecule has 2 heterocycles. The highest BCUT2D eigenvalue weighted by molar-refractivity contribution is 8.03. The lowest BCUT2D eigenvalue weighted by molar-refractivity contribution is -0.669. The third-order valence-electron chi connectivity index (χ3n) is 7.07. The largest absolute Gasteiger partial charge is 0.550 e. The van der Waals surface area contributed by atoms with Crippen molar-refractivity contribution in [3.63, 3.8) is 0 Å². The summed E-state index contributed by atoms with van der Waals surface area (Å²) in [4.78, 5) is 14.5. The number of hydrogen-bond donors (Lipinski definition) is 0. The first-order valence-corrected chi connectivity index (χ1v) is 14.0. The SMILES string of the molecule is CC[n+]1c(C=C2Sc3ccc(-c4cc(OC)ccc4OC)cc3N2CCCC(=O)[O-])ccc2cc(OC)ccc21. The number of benzene rings is 3. The van der Waals surface area contributed by atoms with E-state index in [9.17, 15) is 9.90 Å². The molecule has 0 unspecified atom stereocenters. The van der Waals surface area contributed by atoms with Crippen molar-refractivity contribution in [2.75, 3.05) is 32.8 Å². The van der Waals surface area contributed by atoms with E-state index in [4.69, 9.17) is 14.2 Å². The van der Waals surface area contributed by atoms with Gasteiger partial charge in [0.2, 0.25) is 11.2 Å². The number of methoxy groups -OCH3 is 3. The van der Waals surface area contributed by atoms with Crippen LogP contribution in [0, 0.1) is 0 Å². The summed E-state index contributed by atoms with van der Waals surface area (Å²) in [5.74, 6) is 1.28. The lowest BCUT2D eigenvalue weighted by atomic mass is 10.0. The Morgan fingerprint density at radius 3 is 2.45 bits per heavy atom. The first-order valence-electron chi connectivity index (χ1n) is 13.2. The van der Waals surface area contributed by atoms with Crippen LogP contribution in [0.2, 0.25) is 0 Å². The number of fused-ring (bicyclic) bond motifs is 2. The Balaban J connectivity index is 1.58. The second kappa shape index (κ2) is 11.9. The van der Waals surface area contributed by atoms with Gasteiger partial charge in [-0.3, -0.25) is 0 Å². The van der Waals surface area contributed by atoms with Crippen LogP contribution in [0.15, 0.2) is 76.7 Å². The second-order valence-corrected chi connectivity index (χ2v) is 10.4. The Morgan fingerprint density at radius 2 is 1.73 bits per heavy atom. The topological polar surface area (TPSA) is 74.9 Å².